The second-order valence-corrected chi connectivity index (χ2v) is 4.18. The zero-order valence-electron chi connectivity index (χ0n) is 9.46. The van der Waals surface area contributed by atoms with Gasteiger partial charge in [0.15, 0.2) is 0 Å². The first kappa shape index (κ1) is 10.5. The van der Waals surface area contributed by atoms with Gasteiger partial charge < -0.3 is 5.73 Å². The summed E-state index contributed by atoms with van der Waals surface area (Å²) in [4.78, 5) is 10.8. The number of benzene rings is 3. The summed E-state index contributed by atoms with van der Waals surface area (Å²) in [6.45, 7) is 0. The van der Waals surface area contributed by atoms with Crippen LogP contribution in [0.15, 0.2) is 48.5 Å². The molecule has 0 aliphatic carbocycles. The molecule has 0 saturated carbocycles. The van der Waals surface area contributed by atoms with E-state index in [2.05, 4.69) is 0 Å². The fraction of sp³-hybridized carbons (Fsp3) is 0. The van der Waals surface area contributed by atoms with Crippen molar-refractivity contribution < 1.29 is 4.92 Å². The largest absolute Gasteiger partial charge is 0.399 e. The van der Waals surface area contributed by atoms with E-state index in [4.69, 9.17) is 5.73 Å². The Balaban J connectivity index is 2.58. The van der Waals surface area contributed by atoms with E-state index in [1.807, 2.05) is 24.3 Å². The molecule has 0 aliphatic rings. The van der Waals surface area contributed by atoms with Crippen molar-refractivity contribution >= 4 is 32.9 Å². The Bertz CT molecular complexity index is 781. The zero-order chi connectivity index (χ0) is 12.7. The van der Waals surface area contributed by atoms with Crippen LogP contribution in [0.4, 0.5) is 11.4 Å². The predicted molar refractivity (Wildman–Crippen MR) is 72.5 cm³/mol. The molecule has 0 aliphatic heterocycles. The van der Waals surface area contributed by atoms with Gasteiger partial charge in [-0.2, -0.15) is 0 Å². The molecule has 4 heteroatoms. The van der Waals surface area contributed by atoms with Crippen LogP contribution in [-0.2, 0) is 0 Å². The van der Waals surface area contributed by atoms with Crippen LogP contribution in [0, 0.1) is 10.1 Å². The smallest absolute Gasteiger partial charge is 0.277 e. The topological polar surface area (TPSA) is 69.2 Å². The van der Waals surface area contributed by atoms with Crippen LogP contribution in [0.5, 0.6) is 0 Å². The second-order valence-electron chi connectivity index (χ2n) is 4.18. The van der Waals surface area contributed by atoms with E-state index >= 15 is 0 Å². The van der Waals surface area contributed by atoms with E-state index in [1.165, 1.54) is 6.07 Å². The van der Waals surface area contributed by atoms with Gasteiger partial charge in [0, 0.05) is 11.8 Å². The van der Waals surface area contributed by atoms with E-state index in [0.717, 1.165) is 16.2 Å². The molecule has 0 unspecified atom stereocenters. The normalized spacial score (nSPS) is 10.9. The average Bonchev–Trinajstić information content (AvgIpc) is 2.37. The zero-order valence-corrected chi connectivity index (χ0v) is 9.46. The van der Waals surface area contributed by atoms with Crippen molar-refractivity contribution in [2.24, 2.45) is 0 Å². The van der Waals surface area contributed by atoms with E-state index in [9.17, 15) is 10.1 Å². The van der Waals surface area contributed by atoms with E-state index < -0.39 is 0 Å². The Morgan fingerprint density at radius 1 is 1.00 bits per heavy atom. The minimum Gasteiger partial charge on any atom is -0.399 e. The van der Waals surface area contributed by atoms with Crippen LogP contribution >= 0.6 is 0 Å². The Kier molecular flexibility index (Phi) is 2.16. The standard InChI is InChI=1S/C14H10N2O2/c15-11-7-6-9-4-5-10-2-1-3-13(16(17)18)14(10)12(9)8-11/h1-8H,15H2. The third-order valence-electron chi connectivity index (χ3n) is 3.06. The van der Waals surface area contributed by atoms with Crippen LogP contribution < -0.4 is 5.73 Å². The Morgan fingerprint density at radius 3 is 2.50 bits per heavy atom. The number of anilines is 1. The number of fused-ring (bicyclic) bond motifs is 3. The van der Waals surface area contributed by atoms with Gasteiger partial charge >= 0.3 is 0 Å². The summed E-state index contributed by atoms with van der Waals surface area (Å²) in [7, 11) is 0. The number of non-ortho nitro benzene ring substituents is 1. The highest BCUT2D eigenvalue weighted by atomic mass is 16.6. The first-order chi connectivity index (χ1) is 8.66. The Labute approximate surface area is 103 Å². The fourth-order valence-corrected chi connectivity index (χ4v) is 2.26. The summed E-state index contributed by atoms with van der Waals surface area (Å²) in [5.41, 5.74) is 6.49. The number of nitrogens with two attached hydrogens (primary N) is 1. The summed E-state index contributed by atoms with van der Waals surface area (Å²) < 4.78 is 0. The van der Waals surface area contributed by atoms with E-state index in [-0.39, 0.29) is 10.6 Å². The first-order valence-electron chi connectivity index (χ1n) is 5.52. The number of nitrogen functional groups attached to an aromatic ring is 1. The molecular formula is C14H10N2O2. The SMILES string of the molecule is Nc1ccc2ccc3cccc([N+](=O)[O-])c3c2c1. The maximum atomic E-state index is 11.1. The van der Waals surface area contributed by atoms with E-state index in [0.29, 0.717) is 11.1 Å². The van der Waals surface area contributed by atoms with Gasteiger partial charge in [-0.3, -0.25) is 10.1 Å². The molecule has 0 fully saturated rings. The quantitative estimate of drug-likeness (QED) is 0.305. The molecule has 3 rings (SSSR count). The molecule has 0 aromatic heterocycles. The first-order valence-corrected chi connectivity index (χ1v) is 5.52. The summed E-state index contributed by atoms with van der Waals surface area (Å²) in [5.74, 6) is 0. The van der Waals surface area contributed by atoms with Crippen LogP contribution in [0.2, 0.25) is 0 Å². The monoisotopic (exact) mass is 238 g/mol. The molecule has 4 nitrogen and oxygen atoms in total. The third-order valence-corrected chi connectivity index (χ3v) is 3.06. The maximum Gasteiger partial charge on any atom is 0.277 e. The second kappa shape index (κ2) is 3.70. The molecular weight excluding hydrogens is 228 g/mol. The van der Waals surface area contributed by atoms with Crippen molar-refractivity contribution in [2.45, 2.75) is 0 Å². The van der Waals surface area contributed by atoms with Crippen LogP contribution in [0.25, 0.3) is 21.5 Å². The van der Waals surface area contributed by atoms with Crippen LogP contribution in [-0.4, -0.2) is 4.92 Å². The van der Waals surface area contributed by atoms with Gasteiger partial charge in [-0.1, -0.05) is 30.3 Å². The number of hydrogen-bond acceptors (Lipinski definition) is 3. The molecule has 0 bridgehead atoms. The van der Waals surface area contributed by atoms with E-state index in [1.54, 1.807) is 18.2 Å². The maximum absolute atomic E-state index is 11.1. The fourth-order valence-electron chi connectivity index (χ4n) is 2.26. The van der Waals surface area contributed by atoms with Gasteiger partial charge in [0.05, 0.1) is 10.3 Å². The number of nitro benzene ring substituents is 1. The van der Waals surface area contributed by atoms with Gasteiger partial charge in [0.1, 0.15) is 0 Å². The van der Waals surface area contributed by atoms with Gasteiger partial charge in [0.25, 0.3) is 5.69 Å². The minimum atomic E-state index is -0.356. The molecule has 0 radical (unpaired) electrons. The third kappa shape index (κ3) is 1.47. The molecule has 3 aromatic carbocycles. The summed E-state index contributed by atoms with van der Waals surface area (Å²) in [5, 5.41) is 14.4. The highest BCUT2D eigenvalue weighted by molar-refractivity contribution is 6.12. The lowest BCUT2D eigenvalue weighted by atomic mass is 10.0. The van der Waals surface area contributed by atoms with Crippen LogP contribution in [0.3, 0.4) is 0 Å². The van der Waals surface area contributed by atoms with Gasteiger partial charge in [0.2, 0.25) is 0 Å². The highest BCUT2D eigenvalue weighted by Gasteiger charge is 2.13. The lowest BCUT2D eigenvalue weighted by molar-refractivity contribution is -0.383. The minimum absolute atomic E-state index is 0.115. The molecule has 0 heterocycles. The molecule has 3 aromatic rings. The van der Waals surface area contributed by atoms with Gasteiger partial charge in [-0.05, 0) is 28.3 Å². The number of nitrogens with zero attached hydrogens (tertiary/aromatic N) is 1. The van der Waals surface area contributed by atoms with Crippen molar-refractivity contribution in [1.82, 2.24) is 0 Å². The molecule has 88 valence electrons. The Morgan fingerprint density at radius 2 is 1.72 bits per heavy atom. The predicted octanol–water partition coefficient (Wildman–Crippen LogP) is 3.48. The summed E-state index contributed by atoms with van der Waals surface area (Å²) >= 11 is 0. The molecule has 2 N–H and O–H groups in total. The lowest BCUT2D eigenvalue weighted by Gasteiger charge is -2.05. The van der Waals surface area contributed by atoms with Crippen molar-refractivity contribution in [3.8, 4) is 0 Å². The summed E-state index contributed by atoms with van der Waals surface area (Å²) in [6.07, 6.45) is 0. The summed E-state index contributed by atoms with van der Waals surface area (Å²) in [6, 6.07) is 14.4. The lowest BCUT2D eigenvalue weighted by Crippen LogP contribution is -1.91. The number of hydrogen-bond donors (Lipinski definition) is 1. The van der Waals surface area contributed by atoms with Crippen LogP contribution in [0.1, 0.15) is 0 Å². The molecule has 0 amide bonds. The van der Waals surface area contributed by atoms with Gasteiger partial charge in [-0.15, -0.1) is 0 Å². The van der Waals surface area contributed by atoms with Crippen molar-refractivity contribution in [2.75, 3.05) is 5.73 Å². The number of rotatable bonds is 1. The van der Waals surface area contributed by atoms with Crippen molar-refractivity contribution in [3.63, 3.8) is 0 Å². The molecule has 0 spiro atoms. The molecule has 18 heavy (non-hydrogen) atoms. The van der Waals surface area contributed by atoms with Crippen molar-refractivity contribution in [1.29, 1.82) is 0 Å². The average molecular weight is 238 g/mol. The van der Waals surface area contributed by atoms with Gasteiger partial charge in [-0.25, -0.2) is 0 Å². The highest BCUT2D eigenvalue weighted by Crippen LogP contribution is 2.33. The number of nitro groups is 1. The molecule has 0 saturated heterocycles. The Hall–Kier alpha value is -2.62. The van der Waals surface area contributed by atoms with Crippen molar-refractivity contribution in [3.05, 3.63) is 58.6 Å². The molecule has 0 atom stereocenters.